The van der Waals surface area contributed by atoms with Gasteiger partial charge in [-0.3, -0.25) is 4.79 Å². The molecular formula is C19H33NO. The van der Waals surface area contributed by atoms with Crippen LogP contribution >= 0.6 is 0 Å². The molecule has 2 heteroatoms. The van der Waals surface area contributed by atoms with Crippen molar-refractivity contribution in [3.05, 3.63) is 35.5 Å². The van der Waals surface area contributed by atoms with Gasteiger partial charge in [-0.2, -0.15) is 0 Å². The highest BCUT2D eigenvalue weighted by Gasteiger charge is 2.20. The standard InChI is InChI=1S/C19H33NO/c1-14(2)11-9-10-12-18(16(5)6)19(21)20(17(7)8)13-15(3)4/h9-12,14-15,17H,13H2,1-8H3/b11-9-,12-10-. The van der Waals surface area contributed by atoms with Crippen LogP contribution in [0.5, 0.6) is 0 Å². The molecule has 0 aliphatic rings. The molecule has 0 saturated heterocycles. The van der Waals surface area contributed by atoms with Crippen LogP contribution in [0, 0.1) is 11.8 Å². The molecule has 0 fully saturated rings. The smallest absolute Gasteiger partial charge is 0.254 e. The van der Waals surface area contributed by atoms with Gasteiger partial charge in [-0.1, -0.05) is 51.5 Å². The van der Waals surface area contributed by atoms with E-state index in [9.17, 15) is 4.79 Å². The van der Waals surface area contributed by atoms with Crippen molar-refractivity contribution in [2.75, 3.05) is 6.54 Å². The van der Waals surface area contributed by atoms with Crippen LogP contribution in [0.3, 0.4) is 0 Å². The largest absolute Gasteiger partial charge is 0.336 e. The minimum Gasteiger partial charge on any atom is -0.336 e. The predicted octanol–water partition coefficient (Wildman–Crippen LogP) is 4.98. The molecule has 120 valence electrons. The van der Waals surface area contributed by atoms with E-state index in [1.807, 2.05) is 37.0 Å². The molecule has 0 atom stereocenters. The highest BCUT2D eigenvalue weighted by atomic mass is 16.2. The van der Waals surface area contributed by atoms with Crippen molar-refractivity contribution in [2.24, 2.45) is 11.8 Å². The number of carbonyl (C=O) groups is 1. The fourth-order valence-electron chi connectivity index (χ4n) is 1.97. The molecule has 1 amide bonds. The first kappa shape index (κ1) is 19.7. The molecule has 0 rings (SSSR count). The van der Waals surface area contributed by atoms with E-state index in [-0.39, 0.29) is 11.9 Å². The van der Waals surface area contributed by atoms with E-state index in [2.05, 4.69) is 47.6 Å². The molecule has 0 heterocycles. The third-order valence-corrected chi connectivity index (χ3v) is 3.09. The normalized spacial score (nSPS) is 12.1. The Kier molecular flexibility index (Phi) is 9.00. The first-order valence-corrected chi connectivity index (χ1v) is 8.00. The molecule has 0 unspecified atom stereocenters. The maximum atomic E-state index is 12.8. The summed E-state index contributed by atoms with van der Waals surface area (Å²) in [7, 11) is 0. The highest BCUT2D eigenvalue weighted by Crippen LogP contribution is 2.14. The van der Waals surface area contributed by atoms with Crippen LogP contribution in [0.25, 0.3) is 0 Å². The van der Waals surface area contributed by atoms with Crippen molar-refractivity contribution in [2.45, 2.75) is 61.4 Å². The lowest BCUT2D eigenvalue weighted by Gasteiger charge is -2.29. The fourth-order valence-corrected chi connectivity index (χ4v) is 1.97. The Morgan fingerprint density at radius 2 is 1.57 bits per heavy atom. The lowest BCUT2D eigenvalue weighted by Crippen LogP contribution is -2.40. The molecule has 0 aliphatic heterocycles. The summed E-state index contributed by atoms with van der Waals surface area (Å²) >= 11 is 0. The Morgan fingerprint density at radius 1 is 1.00 bits per heavy atom. The summed E-state index contributed by atoms with van der Waals surface area (Å²) in [5, 5.41) is 0. The number of hydrogen-bond acceptors (Lipinski definition) is 1. The van der Waals surface area contributed by atoms with E-state index in [1.54, 1.807) is 0 Å². The predicted molar refractivity (Wildman–Crippen MR) is 93.2 cm³/mol. The molecule has 0 N–H and O–H groups in total. The van der Waals surface area contributed by atoms with Crippen molar-refractivity contribution in [1.29, 1.82) is 0 Å². The Bertz CT molecular complexity index is 407. The molecule has 0 saturated carbocycles. The summed E-state index contributed by atoms with van der Waals surface area (Å²) in [6.45, 7) is 17.5. The summed E-state index contributed by atoms with van der Waals surface area (Å²) in [6, 6.07) is 0.217. The molecule has 0 aromatic carbocycles. The maximum absolute atomic E-state index is 12.8. The third-order valence-electron chi connectivity index (χ3n) is 3.09. The van der Waals surface area contributed by atoms with Crippen LogP contribution in [0.2, 0.25) is 0 Å². The second-order valence-electron chi connectivity index (χ2n) is 6.85. The van der Waals surface area contributed by atoms with Crippen LogP contribution in [-0.2, 0) is 4.79 Å². The van der Waals surface area contributed by atoms with Gasteiger partial charge in [-0.25, -0.2) is 0 Å². The molecule has 0 aromatic rings. The number of hydrogen-bond donors (Lipinski definition) is 0. The first-order valence-electron chi connectivity index (χ1n) is 8.00. The fraction of sp³-hybridized carbons (Fsp3) is 0.632. The van der Waals surface area contributed by atoms with Crippen LogP contribution in [0.15, 0.2) is 35.5 Å². The van der Waals surface area contributed by atoms with E-state index >= 15 is 0 Å². The van der Waals surface area contributed by atoms with Gasteiger partial charge < -0.3 is 4.90 Å². The molecule has 0 radical (unpaired) electrons. The van der Waals surface area contributed by atoms with Crippen molar-refractivity contribution < 1.29 is 4.79 Å². The number of amides is 1. The monoisotopic (exact) mass is 291 g/mol. The van der Waals surface area contributed by atoms with Gasteiger partial charge in [0.15, 0.2) is 0 Å². The second kappa shape index (κ2) is 9.59. The Hall–Kier alpha value is -1.31. The number of nitrogens with zero attached hydrogens (tertiary/aromatic N) is 1. The van der Waals surface area contributed by atoms with Crippen LogP contribution in [-0.4, -0.2) is 23.4 Å². The third kappa shape index (κ3) is 7.89. The molecular weight excluding hydrogens is 258 g/mol. The average molecular weight is 291 g/mol. The van der Waals surface area contributed by atoms with Gasteiger partial charge in [0.2, 0.25) is 0 Å². The molecule has 2 nitrogen and oxygen atoms in total. The van der Waals surface area contributed by atoms with Crippen molar-refractivity contribution >= 4 is 5.91 Å². The van der Waals surface area contributed by atoms with Crippen LogP contribution in [0.1, 0.15) is 55.4 Å². The minimum absolute atomic E-state index is 0.132. The summed E-state index contributed by atoms with van der Waals surface area (Å²) < 4.78 is 0. The highest BCUT2D eigenvalue weighted by molar-refractivity contribution is 5.97. The SMILES string of the molecule is CC(C)=C(/C=C\C=C/C(C)C)C(=O)N(CC(C)C)C(C)C. The van der Waals surface area contributed by atoms with Gasteiger partial charge in [0.25, 0.3) is 5.91 Å². The Labute approximate surface area is 131 Å². The topological polar surface area (TPSA) is 20.3 Å². The van der Waals surface area contributed by atoms with E-state index < -0.39 is 0 Å². The number of rotatable bonds is 7. The summed E-state index contributed by atoms with van der Waals surface area (Å²) in [4.78, 5) is 14.7. The second-order valence-corrected chi connectivity index (χ2v) is 6.85. The van der Waals surface area contributed by atoms with Gasteiger partial charge in [0.1, 0.15) is 0 Å². The summed E-state index contributed by atoms with van der Waals surface area (Å²) in [6.07, 6.45) is 8.04. The molecule has 0 bridgehead atoms. The lowest BCUT2D eigenvalue weighted by atomic mass is 10.1. The van der Waals surface area contributed by atoms with Gasteiger partial charge in [0, 0.05) is 18.2 Å². The van der Waals surface area contributed by atoms with Gasteiger partial charge in [-0.05, 0) is 45.6 Å². The minimum atomic E-state index is 0.132. The summed E-state index contributed by atoms with van der Waals surface area (Å²) in [5.41, 5.74) is 1.86. The van der Waals surface area contributed by atoms with Gasteiger partial charge in [0.05, 0.1) is 0 Å². The van der Waals surface area contributed by atoms with Gasteiger partial charge >= 0.3 is 0 Å². The van der Waals surface area contributed by atoms with Crippen molar-refractivity contribution in [3.63, 3.8) is 0 Å². The van der Waals surface area contributed by atoms with E-state index in [0.717, 1.165) is 17.7 Å². The van der Waals surface area contributed by atoms with Crippen molar-refractivity contribution in [1.82, 2.24) is 4.90 Å². The first-order chi connectivity index (χ1) is 9.66. The maximum Gasteiger partial charge on any atom is 0.254 e. The zero-order chi connectivity index (χ0) is 16.6. The Balaban J connectivity index is 5.20. The van der Waals surface area contributed by atoms with Crippen LogP contribution < -0.4 is 0 Å². The number of allylic oxidation sites excluding steroid dienone is 4. The quantitative estimate of drug-likeness (QED) is 0.478. The van der Waals surface area contributed by atoms with E-state index in [1.165, 1.54) is 0 Å². The van der Waals surface area contributed by atoms with E-state index in [0.29, 0.717) is 11.8 Å². The zero-order valence-corrected chi connectivity index (χ0v) is 15.1. The molecule has 0 spiro atoms. The van der Waals surface area contributed by atoms with E-state index in [4.69, 9.17) is 0 Å². The van der Waals surface area contributed by atoms with Crippen molar-refractivity contribution in [3.8, 4) is 0 Å². The van der Waals surface area contributed by atoms with Gasteiger partial charge in [-0.15, -0.1) is 0 Å². The number of carbonyl (C=O) groups excluding carboxylic acids is 1. The Morgan fingerprint density at radius 3 is 1.95 bits per heavy atom. The van der Waals surface area contributed by atoms with Crippen LogP contribution in [0.4, 0.5) is 0 Å². The summed E-state index contributed by atoms with van der Waals surface area (Å²) in [5.74, 6) is 1.13. The lowest BCUT2D eigenvalue weighted by molar-refractivity contribution is -0.129. The molecule has 0 aromatic heterocycles. The zero-order valence-electron chi connectivity index (χ0n) is 15.1. The average Bonchev–Trinajstić information content (AvgIpc) is 2.33. The molecule has 21 heavy (non-hydrogen) atoms. The molecule has 0 aliphatic carbocycles.